The van der Waals surface area contributed by atoms with Gasteiger partial charge in [0.1, 0.15) is 23.4 Å². The van der Waals surface area contributed by atoms with Crippen molar-refractivity contribution in [3.05, 3.63) is 77.9 Å². The number of ether oxygens (including phenoxy) is 2. The van der Waals surface area contributed by atoms with Crippen LogP contribution in [0.2, 0.25) is 0 Å². The Morgan fingerprint density at radius 3 is 2.53 bits per heavy atom. The second-order valence-electron chi connectivity index (χ2n) is 16.4. The molecule has 2 amide bonds. The molecule has 3 unspecified atom stereocenters. The number of amides is 2. The third kappa shape index (κ3) is 8.06. The van der Waals surface area contributed by atoms with Crippen molar-refractivity contribution in [1.29, 1.82) is 0 Å². The molecule has 5 aromatic rings. The van der Waals surface area contributed by atoms with Crippen molar-refractivity contribution >= 4 is 23.4 Å². The van der Waals surface area contributed by atoms with Crippen molar-refractivity contribution in [3.63, 3.8) is 0 Å². The van der Waals surface area contributed by atoms with E-state index in [4.69, 9.17) is 14.6 Å². The Morgan fingerprint density at radius 1 is 0.927 bits per heavy atom. The predicted octanol–water partition coefficient (Wildman–Crippen LogP) is 6.68. The smallest absolute Gasteiger partial charge is 0.320 e. The monoisotopic (exact) mass is 749 g/mol. The quantitative estimate of drug-likeness (QED) is 0.161. The number of aromatic nitrogens is 7. The van der Waals surface area contributed by atoms with Crippen molar-refractivity contribution in [2.75, 3.05) is 43.5 Å². The lowest BCUT2D eigenvalue weighted by atomic mass is 9.85. The molecule has 0 radical (unpaired) electrons. The molecule has 2 N–H and O–H groups in total. The Labute approximate surface area is 323 Å². The Bertz CT molecular complexity index is 2090. The van der Waals surface area contributed by atoms with E-state index in [1.165, 1.54) is 6.42 Å². The maximum absolute atomic E-state index is 13.8. The highest BCUT2D eigenvalue weighted by Gasteiger charge is 2.31. The fourth-order valence-electron chi connectivity index (χ4n) is 8.25. The Kier molecular flexibility index (Phi) is 10.5. The first-order valence-electron chi connectivity index (χ1n) is 20.0. The third-order valence-corrected chi connectivity index (χ3v) is 11.5. The van der Waals surface area contributed by atoms with Gasteiger partial charge in [0.2, 0.25) is 5.95 Å². The zero-order valence-electron chi connectivity index (χ0n) is 32.8. The maximum Gasteiger partial charge on any atom is 0.320 e. The van der Waals surface area contributed by atoms with Crippen LogP contribution in [0.1, 0.15) is 102 Å². The molecule has 3 aliphatic rings. The number of rotatable bonds is 10. The molecule has 4 aromatic heterocycles. The highest BCUT2D eigenvalue weighted by atomic mass is 16.5. The Morgan fingerprint density at radius 2 is 1.75 bits per heavy atom. The summed E-state index contributed by atoms with van der Waals surface area (Å²) in [6.07, 6.45) is 13.2. The minimum Gasteiger partial charge on any atom is -0.484 e. The van der Waals surface area contributed by atoms with E-state index in [0.29, 0.717) is 18.0 Å². The minimum atomic E-state index is -0.287. The summed E-state index contributed by atoms with van der Waals surface area (Å²) in [5.41, 5.74) is 4.39. The van der Waals surface area contributed by atoms with E-state index in [1.54, 1.807) is 11.8 Å². The number of hydrogen-bond donors (Lipinski definition) is 2. The van der Waals surface area contributed by atoms with E-state index in [9.17, 15) is 4.79 Å². The van der Waals surface area contributed by atoms with Gasteiger partial charge < -0.3 is 24.6 Å². The van der Waals surface area contributed by atoms with Gasteiger partial charge in [0.15, 0.2) is 5.65 Å². The topological polar surface area (TPSA) is 132 Å². The third-order valence-electron chi connectivity index (χ3n) is 11.5. The number of anilines is 2. The first kappa shape index (κ1) is 37.0. The molecule has 0 saturated carbocycles. The number of fused-ring (bicyclic) bond motifs is 2. The highest BCUT2D eigenvalue weighted by Crippen LogP contribution is 2.39. The van der Waals surface area contributed by atoms with Crippen molar-refractivity contribution < 1.29 is 14.3 Å². The van der Waals surface area contributed by atoms with E-state index in [-0.39, 0.29) is 23.6 Å². The standard InChI is InChI=1S/C41H55N11O3/c1-28-10-8-9-19-50(28)40-46-45-37-16-13-31(27-51(37)40)55-35-15-14-34(32-11-6-7-12-33(32)35)43-39(53)44-38-24-36(41(2,3)4)47-52(38)29-25-42-49(26-29)23-22-48-20-17-30(54-5)18-21-48/h6-7,11-13,16,24-28,30,34-35H,8-10,14-15,17-23H2,1-5H3,(H2,43,44,53). The second kappa shape index (κ2) is 15.7. The van der Waals surface area contributed by atoms with E-state index >= 15 is 0 Å². The van der Waals surface area contributed by atoms with Gasteiger partial charge in [0.25, 0.3) is 0 Å². The number of nitrogens with zero attached hydrogens (tertiary/aromatic N) is 9. The number of hydrogen-bond acceptors (Lipinski definition) is 9. The molecule has 3 atom stereocenters. The van der Waals surface area contributed by atoms with Gasteiger partial charge in [-0.3, -0.25) is 14.4 Å². The molecule has 14 nitrogen and oxygen atoms in total. The van der Waals surface area contributed by atoms with Gasteiger partial charge in [0, 0.05) is 50.8 Å². The van der Waals surface area contributed by atoms with Crippen LogP contribution in [0.15, 0.2) is 61.1 Å². The van der Waals surface area contributed by atoms with Crippen molar-refractivity contribution in [2.24, 2.45) is 0 Å². The number of carbonyl (C=O) groups excluding carboxylic acids is 1. The second-order valence-corrected chi connectivity index (χ2v) is 16.4. The average molecular weight is 750 g/mol. The molecular weight excluding hydrogens is 695 g/mol. The number of benzene rings is 1. The summed E-state index contributed by atoms with van der Waals surface area (Å²) in [5, 5.41) is 25.0. The molecule has 2 aliphatic heterocycles. The van der Waals surface area contributed by atoms with E-state index in [1.807, 2.05) is 53.6 Å². The number of piperidine rings is 2. The van der Waals surface area contributed by atoms with Gasteiger partial charge in [-0.05, 0) is 75.1 Å². The van der Waals surface area contributed by atoms with Gasteiger partial charge in [-0.25, -0.2) is 9.48 Å². The van der Waals surface area contributed by atoms with Crippen molar-refractivity contribution in [2.45, 2.75) is 109 Å². The number of nitrogens with one attached hydrogen (secondary N) is 2. The molecule has 0 spiro atoms. The van der Waals surface area contributed by atoms with Crippen LogP contribution in [0.3, 0.4) is 0 Å². The van der Waals surface area contributed by atoms with E-state index in [2.05, 4.69) is 80.0 Å². The van der Waals surface area contributed by atoms with Crippen LogP contribution >= 0.6 is 0 Å². The summed E-state index contributed by atoms with van der Waals surface area (Å²) in [7, 11) is 1.80. The zero-order valence-corrected chi connectivity index (χ0v) is 32.8. The minimum absolute atomic E-state index is 0.159. The van der Waals surface area contributed by atoms with Gasteiger partial charge in [0.05, 0.1) is 43.0 Å². The molecule has 55 heavy (non-hydrogen) atoms. The van der Waals surface area contributed by atoms with Gasteiger partial charge in [-0.2, -0.15) is 10.2 Å². The zero-order chi connectivity index (χ0) is 38.1. The highest BCUT2D eigenvalue weighted by molar-refractivity contribution is 5.89. The van der Waals surface area contributed by atoms with Crippen LogP contribution in [0.5, 0.6) is 5.75 Å². The molecule has 6 heterocycles. The van der Waals surface area contributed by atoms with Crippen LogP contribution in [0.4, 0.5) is 16.6 Å². The summed E-state index contributed by atoms with van der Waals surface area (Å²) in [6.45, 7) is 13.3. The number of pyridine rings is 1. The van der Waals surface area contributed by atoms with Crippen molar-refractivity contribution in [3.8, 4) is 11.4 Å². The first-order valence-corrected chi connectivity index (χ1v) is 20.0. The Hall–Kier alpha value is -4.95. The maximum atomic E-state index is 13.8. The molecule has 1 aromatic carbocycles. The Balaban J connectivity index is 0.947. The predicted molar refractivity (Wildman–Crippen MR) is 212 cm³/mol. The lowest BCUT2D eigenvalue weighted by molar-refractivity contribution is 0.0400. The lowest BCUT2D eigenvalue weighted by Gasteiger charge is -2.33. The SMILES string of the molecule is COC1CCN(CCn2cc(-n3nc(C(C)(C)C)cc3NC(=O)NC3CCC(Oc4ccc5nnc(N6CCCCC6C)n5c4)c4ccccc43)cn2)CC1. The van der Waals surface area contributed by atoms with E-state index in [0.717, 1.165) is 111 Å². The van der Waals surface area contributed by atoms with Gasteiger partial charge in [-0.15, -0.1) is 10.2 Å². The normalized spacial score (nSPS) is 21.1. The van der Waals surface area contributed by atoms with E-state index < -0.39 is 0 Å². The largest absolute Gasteiger partial charge is 0.484 e. The summed E-state index contributed by atoms with van der Waals surface area (Å²) in [4.78, 5) is 18.6. The summed E-state index contributed by atoms with van der Waals surface area (Å²) in [6, 6.07) is 14.1. The molecule has 0 bridgehead atoms. The lowest BCUT2D eigenvalue weighted by Crippen LogP contribution is -2.38. The number of likely N-dealkylation sites (tertiary alicyclic amines) is 1. The molecular formula is C41H55N11O3. The summed E-state index contributed by atoms with van der Waals surface area (Å²) >= 11 is 0. The summed E-state index contributed by atoms with van der Waals surface area (Å²) < 4.78 is 18.0. The van der Waals surface area contributed by atoms with Crippen LogP contribution in [0, 0.1) is 0 Å². The number of methoxy groups -OCH3 is 1. The molecule has 1 aliphatic carbocycles. The molecule has 14 heteroatoms. The fraction of sp³-hybridized carbons (Fsp3) is 0.537. The fourth-order valence-corrected chi connectivity index (χ4v) is 8.25. The van der Waals surface area contributed by atoms with Gasteiger partial charge >= 0.3 is 6.03 Å². The van der Waals surface area contributed by atoms with Crippen LogP contribution in [0.25, 0.3) is 11.3 Å². The molecule has 2 saturated heterocycles. The van der Waals surface area contributed by atoms with Crippen LogP contribution < -0.4 is 20.3 Å². The molecule has 8 rings (SSSR count). The van der Waals surface area contributed by atoms with Crippen LogP contribution in [-0.2, 0) is 16.7 Å². The van der Waals surface area contributed by atoms with Gasteiger partial charge in [-0.1, -0.05) is 45.0 Å². The number of carbonyl (C=O) groups is 1. The molecule has 292 valence electrons. The average Bonchev–Trinajstić information content (AvgIpc) is 3.94. The van der Waals surface area contributed by atoms with Crippen LogP contribution in [-0.4, -0.2) is 90.5 Å². The van der Waals surface area contributed by atoms with Crippen molar-refractivity contribution in [1.82, 2.24) is 44.4 Å². The number of urea groups is 1. The summed E-state index contributed by atoms with van der Waals surface area (Å²) in [5.74, 6) is 2.22. The molecule has 2 fully saturated rings. The first-order chi connectivity index (χ1) is 26.6.